The van der Waals surface area contributed by atoms with E-state index in [1.54, 1.807) is 12.1 Å². The highest BCUT2D eigenvalue weighted by Gasteiger charge is 2.39. The summed E-state index contributed by atoms with van der Waals surface area (Å²) in [5.74, 6) is 0.704. The lowest BCUT2D eigenvalue weighted by molar-refractivity contribution is -0.341. The minimum Gasteiger partial charge on any atom is -0.485 e. The van der Waals surface area contributed by atoms with E-state index in [1.807, 2.05) is 62.4 Å². The summed E-state index contributed by atoms with van der Waals surface area (Å²) in [7, 11) is 0. The van der Waals surface area contributed by atoms with Crippen molar-refractivity contribution in [3.8, 4) is 5.75 Å². The molecule has 1 aliphatic heterocycles. The quantitative estimate of drug-likeness (QED) is 0.282. The molecule has 0 saturated carbocycles. The fourth-order valence-electron chi connectivity index (χ4n) is 3.25. The molecule has 5 heteroatoms. The normalized spacial score (nSPS) is 18.1. The summed E-state index contributed by atoms with van der Waals surface area (Å²) in [6.07, 6.45) is 4.27. The van der Waals surface area contributed by atoms with Crippen molar-refractivity contribution in [2.75, 3.05) is 6.61 Å². The zero-order valence-electron chi connectivity index (χ0n) is 15.9. The molecule has 0 saturated heterocycles. The molecule has 28 heavy (non-hydrogen) atoms. The Morgan fingerprint density at radius 3 is 2.79 bits per heavy atom. The van der Waals surface area contributed by atoms with Crippen LogP contribution in [0.15, 0.2) is 69.9 Å². The van der Waals surface area contributed by atoms with Gasteiger partial charge in [0.25, 0.3) is 0 Å². The molecule has 2 aromatic carbocycles. The van der Waals surface area contributed by atoms with Gasteiger partial charge >= 0.3 is 5.63 Å². The fourth-order valence-corrected chi connectivity index (χ4v) is 3.25. The van der Waals surface area contributed by atoms with E-state index in [1.165, 1.54) is 6.07 Å². The van der Waals surface area contributed by atoms with Crippen molar-refractivity contribution in [1.29, 1.82) is 0 Å². The van der Waals surface area contributed by atoms with Crippen molar-refractivity contribution in [1.82, 2.24) is 0 Å². The smallest absolute Gasteiger partial charge is 0.336 e. The predicted octanol–water partition coefficient (Wildman–Crippen LogP) is 4.54. The highest BCUT2D eigenvalue weighted by atomic mass is 17.2. The Morgan fingerprint density at radius 2 is 1.96 bits per heavy atom. The Hall–Kier alpha value is -2.89. The zero-order valence-corrected chi connectivity index (χ0v) is 15.9. The third-order valence-electron chi connectivity index (χ3n) is 4.81. The van der Waals surface area contributed by atoms with Crippen molar-refractivity contribution in [2.45, 2.75) is 32.0 Å². The molecular weight excluding hydrogens is 356 g/mol. The Balaban J connectivity index is 1.43. The highest BCUT2D eigenvalue weighted by molar-refractivity contribution is 5.79. The molecule has 1 atom stereocenters. The first kappa shape index (κ1) is 18.5. The van der Waals surface area contributed by atoms with Gasteiger partial charge in [-0.1, -0.05) is 42.5 Å². The summed E-state index contributed by atoms with van der Waals surface area (Å²) in [5, 5.41) is 0.854. The van der Waals surface area contributed by atoms with Crippen LogP contribution in [0.1, 0.15) is 25.0 Å². The van der Waals surface area contributed by atoms with E-state index in [9.17, 15) is 4.79 Å². The summed E-state index contributed by atoms with van der Waals surface area (Å²) >= 11 is 0. The molecule has 0 bridgehead atoms. The lowest BCUT2D eigenvalue weighted by Crippen LogP contribution is -2.48. The van der Waals surface area contributed by atoms with Gasteiger partial charge in [-0.25, -0.2) is 14.6 Å². The molecule has 0 radical (unpaired) electrons. The van der Waals surface area contributed by atoms with Gasteiger partial charge in [0.1, 0.15) is 29.6 Å². The first-order valence-corrected chi connectivity index (χ1v) is 9.27. The lowest BCUT2D eigenvalue weighted by atomic mass is 9.90. The standard InChI is InChI=1S/C23H22O5/c1-23(2)21(28-25-12-6-9-16-7-4-3-5-8-16)14-18-13-17-10-11-22(24)26-19(17)15-20(18)27-23/h3-11,13,15,21H,12,14H2,1-2H3/t21-/m0/s1. The Morgan fingerprint density at radius 1 is 1.14 bits per heavy atom. The Bertz CT molecular complexity index is 1050. The third kappa shape index (κ3) is 4.01. The van der Waals surface area contributed by atoms with Gasteiger partial charge in [0.05, 0.1) is 0 Å². The SMILES string of the molecule is CC1(C)Oc2cc3oc(=O)ccc3cc2C[C@@H]1OOCC=Cc1ccccc1. The van der Waals surface area contributed by atoms with Gasteiger partial charge < -0.3 is 9.15 Å². The van der Waals surface area contributed by atoms with Gasteiger partial charge in [0.15, 0.2) is 0 Å². The Labute approximate surface area is 163 Å². The van der Waals surface area contributed by atoms with Gasteiger partial charge in [0.2, 0.25) is 0 Å². The summed E-state index contributed by atoms with van der Waals surface area (Å²) in [5.41, 5.74) is 1.66. The first-order chi connectivity index (χ1) is 13.5. The van der Waals surface area contributed by atoms with Gasteiger partial charge in [-0.05, 0) is 37.1 Å². The van der Waals surface area contributed by atoms with Crippen LogP contribution in [0, 0.1) is 0 Å². The molecule has 0 amide bonds. The van der Waals surface area contributed by atoms with Crippen LogP contribution in [0.25, 0.3) is 17.0 Å². The molecule has 0 N–H and O–H groups in total. The molecule has 5 nitrogen and oxygen atoms in total. The summed E-state index contributed by atoms with van der Waals surface area (Å²) in [6, 6.07) is 16.9. The monoisotopic (exact) mass is 378 g/mol. The fraction of sp³-hybridized carbons (Fsp3) is 0.261. The zero-order chi connectivity index (χ0) is 19.6. The van der Waals surface area contributed by atoms with Crippen molar-refractivity contribution >= 4 is 17.0 Å². The molecule has 0 unspecified atom stereocenters. The minimum atomic E-state index is -0.584. The molecule has 1 aliphatic rings. The van der Waals surface area contributed by atoms with Gasteiger partial charge in [-0.3, -0.25) is 0 Å². The number of fused-ring (bicyclic) bond motifs is 2. The van der Waals surface area contributed by atoms with Crippen LogP contribution in [0.4, 0.5) is 0 Å². The number of hydrogen-bond acceptors (Lipinski definition) is 5. The average Bonchev–Trinajstić information content (AvgIpc) is 2.67. The van der Waals surface area contributed by atoms with Crippen LogP contribution in [0.3, 0.4) is 0 Å². The van der Waals surface area contributed by atoms with Crippen LogP contribution in [-0.2, 0) is 16.2 Å². The second-order valence-corrected chi connectivity index (χ2v) is 7.34. The maximum Gasteiger partial charge on any atom is 0.336 e. The van der Waals surface area contributed by atoms with E-state index in [4.69, 9.17) is 18.9 Å². The van der Waals surface area contributed by atoms with Gasteiger partial charge in [-0.2, -0.15) is 0 Å². The number of rotatable bonds is 5. The largest absolute Gasteiger partial charge is 0.485 e. The molecule has 4 rings (SSSR count). The first-order valence-electron chi connectivity index (χ1n) is 9.27. The predicted molar refractivity (Wildman–Crippen MR) is 107 cm³/mol. The number of ether oxygens (including phenoxy) is 1. The average molecular weight is 378 g/mol. The molecule has 144 valence electrons. The molecule has 1 aromatic heterocycles. The molecule has 0 fully saturated rings. The highest BCUT2D eigenvalue weighted by Crippen LogP contribution is 2.37. The summed E-state index contributed by atoms with van der Waals surface area (Å²) < 4.78 is 11.4. The lowest BCUT2D eigenvalue weighted by Gasteiger charge is -2.38. The van der Waals surface area contributed by atoms with Crippen molar-refractivity contribution in [3.05, 3.63) is 82.2 Å². The summed E-state index contributed by atoms with van der Waals surface area (Å²) in [4.78, 5) is 22.5. The maximum absolute atomic E-state index is 11.4. The molecule has 0 spiro atoms. The summed E-state index contributed by atoms with van der Waals surface area (Å²) in [6.45, 7) is 4.25. The Kier molecular flexibility index (Phi) is 5.03. The molecule has 2 heterocycles. The topological polar surface area (TPSA) is 57.9 Å². The maximum atomic E-state index is 11.4. The van der Waals surface area contributed by atoms with Crippen molar-refractivity contribution in [3.63, 3.8) is 0 Å². The van der Waals surface area contributed by atoms with E-state index >= 15 is 0 Å². The van der Waals surface area contributed by atoms with Crippen molar-refractivity contribution < 1.29 is 18.9 Å². The number of benzene rings is 2. The second kappa shape index (κ2) is 7.62. The van der Waals surface area contributed by atoms with E-state index in [-0.39, 0.29) is 11.7 Å². The van der Waals surface area contributed by atoms with Crippen LogP contribution in [-0.4, -0.2) is 18.3 Å². The second-order valence-electron chi connectivity index (χ2n) is 7.34. The number of hydrogen-bond donors (Lipinski definition) is 0. The molecule has 3 aromatic rings. The van der Waals surface area contributed by atoms with Crippen LogP contribution < -0.4 is 10.4 Å². The van der Waals surface area contributed by atoms with E-state index in [0.717, 1.165) is 16.5 Å². The molecule has 0 aliphatic carbocycles. The van der Waals surface area contributed by atoms with Crippen LogP contribution >= 0.6 is 0 Å². The van der Waals surface area contributed by atoms with Crippen molar-refractivity contribution in [2.24, 2.45) is 0 Å². The van der Waals surface area contributed by atoms with Gasteiger partial charge in [-0.15, -0.1) is 0 Å². The van der Waals surface area contributed by atoms with E-state index < -0.39 is 5.60 Å². The third-order valence-corrected chi connectivity index (χ3v) is 4.81. The van der Waals surface area contributed by atoms with Crippen LogP contribution in [0.2, 0.25) is 0 Å². The minimum absolute atomic E-state index is 0.265. The van der Waals surface area contributed by atoms with Crippen LogP contribution in [0.5, 0.6) is 5.75 Å². The van der Waals surface area contributed by atoms with E-state index in [2.05, 4.69) is 0 Å². The molecular formula is C23H22O5. The van der Waals surface area contributed by atoms with Gasteiger partial charge in [0, 0.05) is 23.9 Å². The van der Waals surface area contributed by atoms with E-state index in [0.29, 0.717) is 24.4 Å².